The highest BCUT2D eigenvalue weighted by atomic mass is 32.1. The molecule has 0 aliphatic rings. The minimum Gasteiger partial charge on any atom is -0.348 e. The Morgan fingerprint density at radius 3 is 2.76 bits per heavy atom. The summed E-state index contributed by atoms with van der Waals surface area (Å²) in [5.41, 5.74) is 0.486. The first-order valence-corrected chi connectivity index (χ1v) is 9.23. The van der Waals surface area contributed by atoms with E-state index in [1.807, 2.05) is 29.6 Å². The minimum absolute atomic E-state index is 0.0103. The summed E-state index contributed by atoms with van der Waals surface area (Å²) >= 11 is 1.64. The summed E-state index contributed by atoms with van der Waals surface area (Å²) in [5, 5.41) is 5.67. The predicted octanol–water partition coefficient (Wildman–Crippen LogP) is 3.43. The molecule has 0 unspecified atom stereocenters. The fourth-order valence-electron chi connectivity index (χ4n) is 2.77. The fraction of sp³-hybridized carbons (Fsp3) is 0.316. The average Bonchev–Trinajstić information content (AvgIpc) is 3.12. The summed E-state index contributed by atoms with van der Waals surface area (Å²) in [6, 6.07) is 11.2. The number of para-hydroxylation sites is 1. The zero-order chi connectivity index (χ0) is 17.8. The molecule has 6 heteroatoms. The maximum Gasteiger partial charge on any atom is 0.258 e. The third-order valence-electron chi connectivity index (χ3n) is 4.08. The van der Waals surface area contributed by atoms with Gasteiger partial charge in [-0.25, -0.2) is 4.98 Å². The Balaban J connectivity index is 1.67. The molecule has 1 atom stereocenters. The van der Waals surface area contributed by atoms with Gasteiger partial charge < -0.3 is 10.3 Å². The van der Waals surface area contributed by atoms with E-state index in [-0.39, 0.29) is 23.9 Å². The number of fused-ring (bicyclic) bond motifs is 1. The first-order valence-electron chi connectivity index (χ1n) is 8.35. The lowest BCUT2D eigenvalue weighted by Crippen LogP contribution is -2.31. The van der Waals surface area contributed by atoms with Gasteiger partial charge in [0.05, 0.1) is 16.9 Å². The molecular formula is C19H21N3O2S. The van der Waals surface area contributed by atoms with Crippen LogP contribution in [0.2, 0.25) is 0 Å². The van der Waals surface area contributed by atoms with Gasteiger partial charge in [0.2, 0.25) is 5.91 Å². The molecule has 0 spiro atoms. The molecule has 0 aliphatic heterocycles. The van der Waals surface area contributed by atoms with Crippen molar-refractivity contribution in [3.05, 3.63) is 62.8 Å². The molecule has 2 aromatic heterocycles. The Morgan fingerprint density at radius 1 is 1.24 bits per heavy atom. The topological polar surface area (TPSA) is 74.8 Å². The number of nitrogens with one attached hydrogen (secondary N) is 2. The van der Waals surface area contributed by atoms with Crippen molar-refractivity contribution < 1.29 is 4.79 Å². The summed E-state index contributed by atoms with van der Waals surface area (Å²) < 4.78 is 0. The van der Waals surface area contributed by atoms with Crippen LogP contribution >= 0.6 is 11.3 Å². The van der Waals surface area contributed by atoms with E-state index in [1.165, 1.54) is 0 Å². The smallest absolute Gasteiger partial charge is 0.258 e. The summed E-state index contributed by atoms with van der Waals surface area (Å²) in [6.07, 6.45) is 0.692. The maximum atomic E-state index is 12.3. The van der Waals surface area contributed by atoms with E-state index in [0.717, 1.165) is 4.88 Å². The highest BCUT2D eigenvalue weighted by Crippen LogP contribution is 2.25. The maximum absolute atomic E-state index is 12.3. The van der Waals surface area contributed by atoms with Gasteiger partial charge in [-0.15, -0.1) is 11.3 Å². The minimum atomic E-state index is -0.167. The molecule has 1 amide bonds. The molecule has 0 aliphatic carbocycles. The van der Waals surface area contributed by atoms with Gasteiger partial charge in [-0.1, -0.05) is 32.0 Å². The number of H-pyrrole nitrogens is 1. The number of aromatic amines is 1. The zero-order valence-corrected chi connectivity index (χ0v) is 15.1. The third-order valence-corrected chi connectivity index (χ3v) is 5.04. The van der Waals surface area contributed by atoms with Gasteiger partial charge in [-0.05, 0) is 29.5 Å². The molecule has 5 nitrogen and oxygen atoms in total. The molecular weight excluding hydrogens is 334 g/mol. The number of aromatic nitrogens is 2. The van der Waals surface area contributed by atoms with Crippen LogP contribution in [0.3, 0.4) is 0 Å². The summed E-state index contributed by atoms with van der Waals surface area (Å²) in [5.74, 6) is 0.806. The van der Waals surface area contributed by atoms with Crippen molar-refractivity contribution in [2.45, 2.75) is 32.7 Å². The van der Waals surface area contributed by atoms with Crippen LogP contribution in [0.1, 0.15) is 37.0 Å². The van der Waals surface area contributed by atoms with Gasteiger partial charge in [0.15, 0.2) is 0 Å². The van der Waals surface area contributed by atoms with Crippen molar-refractivity contribution >= 4 is 28.1 Å². The molecule has 2 heterocycles. The number of benzene rings is 1. The second-order valence-corrected chi connectivity index (χ2v) is 7.31. The quantitative estimate of drug-likeness (QED) is 0.711. The summed E-state index contributed by atoms with van der Waals surface area (Å²) in [6.45, 7) is 4.18. The van der Waals surface area contributed by atoms with Crippen molar-refractivity contribution in [2.24, 2.45) is 5.92 Å². The molecule has 1 aromatic carbocycles. The first-order chi connectivity index (χ1) is 12.0. The number of amides is 1. The molecule has 2 N–H and O–H groups in total. The highest BCUT2D eigenvalue weighted by Gasteiger charge is 2.19. The molecule has 3 rings (SSSR count). The SMILES string of the molecule is CC(C)[C@@H](NC(=O)CCc1nc2ccccc2c(=O)[nH]1)c1cccs1. The number of rotatable bonds is 6. The lowest BCUT2D eigenvalue weighted by molar-refractivity contribution is -0.122. The van der Waals surface area contributed by atoms with E-state index in [9.17, 15) is 9.59 Å². The fourth-order valence-corrected chi connectivity index (χ4v) is 3.71. The van der Waals surface area contributed by atoms with Crippen LogP contribution in [-0.2, 0) is 11.2 Å². The molecule has 0 fully saturated rings. The highest BCUT2D eigenvalue weighted by molar-refractivity contribution is 7.10. The van der Waals surface area contributed by atoms with Gasteiger partial charge in [-0.3, -0.25) is 9.59 Å². The van der Waals surface area contributed by atoms with Crippen molar-refractivity contribution in [2.75, 3.05) is 0 Å². The zero-order valence-electron chi connectivity index (χ0n) is 14.3. The van der Waals surface area contributed by atoms with Gasteiger partial charge >= 0.3 is 0 Å². The van der Waals surface area contributed by atoms with Crippen LogP contribution in [0.15, 0.2) is 46.6 Å². The summed E-state index contributed by atoms with van der Waals surface area (Å²) in [7, 11) is 0. The molecule has 130 valence electrons. The van der Waals surface area contributed by atoms with E-state index >= 15 is 0 Å². The number of carbonyl (C=O) groups is 1. The van der Waals surface area contributed by atoms with Gasteiger partial charge in [0, 0.05) is 17.7 Å². The van der Waals surface area contributed by atoms with Crippen molar-refractivity contribution in [1.29, 1.82) is 0 Å². The van der Waals surface area contributed by atoms with Crippen molar-refractivity contribution in [1.82, 2.24) is 15.3 Å². The predicted molar refractivity (Wildman–Crippen MR) is 101 cm³/mol. The van der Waals surface area contributed by atoms with Crippen molar-refractivity contribution in [3.63, 3.8) is 0 Å². The lowest BCUT2D eigenvalue weighted by atomic mass is 10.0. The van der Waals surface area contributed by atoms with E-state index < -0.39 is 0 Å². The Hall–Kier alpha value is -2.47. The van der Waals surface area contributed by atoms with Crippen LogP contribution in [0.25, 0.3) is 10.9 Å². The molecule has 0 bridgehead atoms. The Labute approximate surface area is 150 Å². The Bertz CT molecular complexity index is 916. The Morgan fingerprint density at radius 2 is 2.04 bits per heavy atom. The second kappa shape index (κ2) is 7.61. The molecule has 25 heavy (non-hydrogen) atoms. The van der Waals surface area contributed by atoms with Crippen LogP contribution in [0.5, 0.6) is 0 Å². The van der Waals surface area contributed by atoms with Gasteiger partial charge in [0.1, 0.15) is 5.82 Å². The van der Waals surface area contributed by atoms with Crippen molar-refractivity contribution in [3.8, 4) is 0 Å². The number of carbonyl (C=O) groups excluding carboxylic acids is 1. The molecule has 3 aromatic rings. The van der Waals surface area contributed by atoms with E-state index in [0.29, 0.717) is 29.1 Å². The third kappa shape index (κ3) is 4.14. The van der Waals surface area contributed by atoms with Gasteiger partial charge in [-0.2, -0.15) is 0 Å². The Kier molecular flexibility index (Phi) is 5.28. The first kappa shape index (κ1) is 17.4. The molecule has 0 saturated carbocycles. The lowest BCUT2D eigenvalue weighted by Gasteiger charge is -2.21. The number of nitrogens with zero attached hydrogens (tertiary/aromatic N) is 1. The monoisotopic (exact) mass is 355 g/mol. The number of thiophene rings is 1. The van der Waals surface area contributed by atoms with E-state index in [1.54, 1.807) is 23.5 Å². The van der Waals surface area contributed by atoms with Gasteiger partial charge in [0.25, 0.3) is 5.56 Å². The van der Waals surface area contributed by atoms with Crippen LogP contribution in [-0.4, -0.2) is 15.9 Å². The van der Waals surface area contributed by atoms with Crippen LogP contribution in [0.4, 0.5) is 0 Å². The van der Waals surface area contributed by atoms with E-state index in [2.05, 4.69) is 29.1 Å². The number of aryl methyl sites for hydroxylation is 1. The van der Waals surface area contributed by atoms with E-state index in [4.69, 9.17) is 0 Å². The number of hydrogen-bond donors (Lipinski definition) is 2. The molecule has 0 saturated heterocycles. The summed E-state index contributed by atoms with van der Waals surface area (Å²) in [4.78, 5) is 32.8. The van der Waals surface area contributed by atoms with Crippen LogP contribution < -0.4 is 10.9 Å². The number of hydrogen-bond acceptors (Lipinski definition) is 4. The largest absolute Gasteiger partial charge is 0.348 e. The van der Waals surface area contributed by atoms with Crippen LogP contribution in [0, 0.1) is 5.92 Å². The average molecular weight is 355 g/mol. The standard InChI is InChI=1S/C19H21N3O2S/c1-12(2)18(15-8-5-11-25-15)22-17(23)10-9-16-20-14-7-4-3-6-13(14)19(24)21-16/h3-8,11-12,18H,9-10H2,1-2H3,(H,22,23)(H,20,21,24)/t18-/m1/s1. The molecule has 0 radical (unpaired) electrons. The normalized spacial score (nSPS) is 12.4. The second-order valence-electron chi connectivity index (χ2n) is 6.33.